The molecule has 0 nitrogen and oxygen atoms in total. The largest absolute Gasteiger partial charge is 0.119 e. The lowest BCUT2D eigenvalue weighted by molar-refractivity contribution is 0.658. The molecule has 0 unspecified atom stereocenters. The fourth-order valence-corrected chi connectivity index (χ4v) is 0.0589. The Morgan fingerprint density at radius 2 is 2.14 bits per heavy atom. The molecule has 0 N–H and O–H groups in total. The average Bonchev–Trinajstić information content (AvgIpc) is 1.68. The zero-order valence-electron chi connectivity index (χ0n) is 4.86. The molecule has 0 aliphatic rings. The Morgan fingerprint density at radius 1 is 1.71 bits per heavy atom. The Kier molecular flexibility index (Phi) is 1.66. The minimum absolute atomic E-state index is 0.125. The summed E-state index contributed by atoms with van der Waals surface area (Å²) in [5.74, 6) is 2.57. The van der Waals surface area contributed by atoms with E-state index in [2.05, 4.69) is 12.5 Å². The number of hydrogen-bond acceptors (Lipinski definition) is 0. The van der Waals surface area contributed by atoms with Crippen LogP contribution in [0, 0.1) is 17.8 Å². The second-order valence-corrected chi connectivity index (χ2v) is 2.07. The van der Waals surface area contributed by atoms with E-state index in [9.17, 15) is 0 Å². The maximum Gasteiger partial charge on any atom is 0.0432 e. The fraction of sp³-hybridized carbons (Fsp3) is 0.429. The van der Waals surface area contributed by atoms with Crippen LogP contribution < -0.4 is 0 Å². The van der Waals surface area contributed by atoms with Gasteiger partial charge in [0, 0.05) is 5.41 Å². The van der Waals surface area contributed by atoms with Crippen molar-refractivity contribution >= 4 is 0 Å². The summed E-state index contributed by atoms with van der Waals surface area (Å²) < 4.78 is 0. The second-order valence-electron chi connectivity index (χ2n) is 2.07. The molecular formula is C7H10. The monoisotopic (exact) mass is 94.1 g/mol. The highest BCUT2D eigenvalue weighted by atomic mass is 14.1. The van der Waals surface area contributed by atoms with Gasteiger partial charge in [-0.1, -0.05) is 12.0 Å². The van der Waals surface area contributed by atoms with Crippen LogP contribution >= 0.6 is 0 Å². The maximum absolute atomic E-state index is 5.10. The van der Waals surface area contributed by atoms with Crippen LogP contribution in [-0.4, -0.2) is 0 Å². The molecule has 0 bridgehead atoms. The van der Waals surface area contributed by atoms with Crippen molar-refractivity contribution in [1.29, 1.82) is 0 Å². The predicted octanol–water partition coefficient (Wildman–Crippen LogP) is 1.83. The van der Waals surface area contributed by atoms with Gasteiger partial charge in [0.2, 0.25) is 0 Å². The van der Waals surface area contributed by atoms with Crippen LogP contribution in [0.2, 0.25) is 0 Å². The molecular weight excluding hydrogens is 84.1 g/mol. The van der Waals surface area contributed by atoms with Crippen molar-refractivity contribution in [3.8, 4) is 12.3 Å². The van der Waals surface area contributed by atoms with E-state index >= 15 is 0 Å². The van der Waals surface area contributed by atoms with E-state index in [-0.39, 0.29) is 5.41 Å². The first-order valence-electron chi connectivity index (χ1n) is 2.24. The van der Waals surface area contributed by atoms with Gasteiger partial charge in [0.1, 0.15) is 0 Å². The first-order chi connectivity index (χ1) is 3.12. The Hall–Kier alpha value is -0.700. The lowest BCUT2D eigenvalue weighted by atomic mass is 9.96. The molecule has 0 aromatic carbocycles. The lowest BCUT2D eigenvalue weighted by Gasteiger charge is -2.07. The lowest BCUT2D eigenvalue weighted by Crippen LogP contribution is -2.00. The normalized spacial score (nSPS) is 9.86. The van der Waals surface area contributed by atoms with Gasteiger partial charge in [-0.25, -0.2) is 0 Å². The highest BCUT2D eigenvalue weighted by Crippen LogP contribution is 2.12. The van der Waals surface area contributed by atoms with Crippen molar-refractivity contribution in [3.63, 3.8) is 0 Å². The Labute approximate surface area is 45.2 Å². The molecule has 0 radical (unpaired) electrons. The van der Waals surface area contributed by atoms with Crippen molar-refractivity contribution in [2.45, 2.75) is 13.8 Å². The summed E-state index contributed by atoms with van der Waals surface area (Å²) >= 11 is 0. The molecule has 0 heteroatoms. The second kappa shape index (κ2) is 1.84. The molecule has 0 atom stereocenters. The van der Waals surface area contributed by atoms with Gasteiger partial charge in [0.25, 0.3) is 0 Å². The maximum atomic E-state index is 5.10. The summed E-state index contributed by atoms with van der Waals surface area (Å²) in [6.45, 7) is 7.45. The Balaban J connectivity index is 3.91. The van der Waals surface area contributed by atoms with Gasteiger partial charge in [-0.3, -0.25) is 0 Å². The van der Waals surface area contributed by atoms with Crippen LogP contribution in [0.25, 0.3) is 0 Å². The zero-order chi connectivity index (χ0) is 5.91. The molecule has 0 fully saturated rings. The third kappa shape index (κ3) is 2.05. The van der Waals surface area contributed by atoms with Gasteiger partial charge in [0.05, 0.1) is 0 Å². The fourth-order valence-electron chi connectivity index (χ4n) is 0.0589. The van der Waals surface area contributed by atoms with Crippen molar-refractivity contribution in [1.82, 2.24) is 0 Å². The van der Waals surface area contributed by atoms with Gasteiger partial charge in [-0.2, -0.15) is 0 Å². The Morgan fingerprint density at radius 3 is 2.14 bits per heavy atom. The number of terminal acetylenes is 1. The number of allylic oxidation sites excluding steroid dienone is 1. The molecule has 7 heavy (non-hydrogen) atoms. The van der Waals surface area contributed by atoms with Gasteiger partial charge in [-0.15, -0.1) is 13.0 Å². The summed E-state index contributed by atoms with van der Waals surface area (Å²) in [5.41, 5.74) is -0.125. The molecule has 0 aromatic heterocycles. The quantitative estimate of drug-likeness (QED) is 0.343. The van der Waals surface area contributed by atoms with E-state index in [0.29, 0.717) is 0 Å². The summed E-state index contributed by atoms with van der Waals surface area (Å²) in [7, 11) is 0. The molecule has 0 aromatic rings. The van der Waals surface area contributed by atoms with Gasteiger partial charge < -0.3 is 0 Å². The van der Waals surface area contributed by atoms with E-state index < -0.39 is 0 Å². The van der Waals surface area contributed by atoms with Crippen LogP contribution in [-0.2, 0) is 0 Å². The standard InChI is InChI=1S/C7H10/c1-5-7(3,4)6-2/h1,6H,2H2,3-4H3. The van der Waals surface area contributed by atoms with E-state index in [1.165, 1.54) is 0 Å². The zero-order valence-corrected chi connectivity index (χ0v) is 4.86. The van der Waals surface area contributed by atoms with Crippen LogP contribution in [0.5, 0.6) is 0 Å². The SMILES string of the molecule is C#CC(C)(C)C=C. The van der Waals surface area contributed by atoms with Gasteiger partial charge in [-0.05, 0) is 13.8 Å². The first-order valence-corrected chi connectivity index (χ1v) is 2.24. The van der Waals surface area contributed by atoms with Crippen LogP contribution in [0.3, 0.4) is 0 Å². The van der Waals surface area contributed by atoms with E-state index in [1.807, 2.05) is 13.8 Å². The van der Waals surface area contributed by atoms with Crippen LogP contribution in [0.1, 0.15) is 13.8 Å². The van der Waals surface area contributed by atoms with Crippen molar-refractivity contribution in [2.75, 3.05) is 0 Å². The van der Waals surface area contributed by atoms with Crippen molar-refractivity contribution < 1.29 is 0 Å². The summed E-state index contributed by atoms with van der Waals surface area (Å²) in [6.07, 6.45) is 6.85. The molecule has 0 aliphatic heterocycles. The minimum Gasteiger partial charge on any atom is -0.119 e. The third-order valence-electron chi connectivity index (χ3n) is 0.882. The van der Waals surface area contributed by atoms with Gasteiger partial charge in [0.15, 0.2) is 0 Å². The predicted molar refractivity (Wildman–Crippen MR) is 32.8 cm³/mol. The summed E-state index contributed by atoms with van der Waals surface area (Å²) in [4.78, 5) is 0. The molecule has 0 heterocycles. The average molecular weight is 94.2 g/mol. The van der Waals surface area contributed by atoms with Crippen molar-refractivity contribution in [2.24, 2.45) is 5.41 Å². The summed E-state index contributed by atoms with van der Waals surface area (Å²) in [6, 6.07) is 0. The number of hydrogen-bond donors (Lipinski definition) is 0. The van der Waals surface area contributed by atoms with E-state index in [0.717, 1.165) is 0 Å². The minimum atomic E-state index is -0.125. The molecule has 0 amide bonds. The Bertz CT molecular complexity index is 102. The van der Waals surface area contributed by atoms with Crippen LogP contribution in [0.15, 0.2) is 12.7 Å². The van der Waals surface area contributed by atoms with E-state index in [4.69, 9.17) is 6.42 Å². The molecule has 0 saturated heterocycles. The molecule has 0 rings (SSSR count). The van der Waals surface area contributed by atoms with Gasteiger partial charge >= 0.3 is 0 Å². The third-order valence-corrected chi connectivity index (χ3v) is 0.882. The smallest absolute Gasteiger partial charge is 0.0432 e. The summed E-state index contributed by atoms with van der Waals surface area (Å²) in [5, 5.41) is 0. The topological polar surface area (TPSA) is 0 Å². The molecule has 0 aliphatic carbocycles. The van der Waals surface area contributed by atoms with Crippen molar-refractivity contribution in [3.05, 3.63) is 12.7 Å². The molecule has 0 saturated carbocycles. The highest BCUT2D eigenvalue weighted by molar-refractivity contribution is 5.09. The van der Waals surface area contributed by atoms with E-state index in [1.54, 1.807) is 6.08 Å². The van der Waals surface area contributed by atoms with Crippen LogP contribution in [0.4, 0.5) is 0 Å². The molecule has 38 valence electrons. The first kappa shape index (κ1) is 6.30. The number of rotatable bonds is 1. The molecule has 0 spiro atoms. The highest BCUT2D eigenvalue weighted by Gasteiger charge is 2.04.